The number of aromatic nitrogens is 1. The number of sulfonamides is 1. The summed E-state index contributed by atoms with van der Waals surface area (Å²) in [6.07, 6.45) is 4.39. The van der Waals surface area contributed by atoms with E-state index in [2.05, 4.69) is 15.0 Å². The number of hydrogen-bond acceptors (Lipinski definition) is 5. The third kappa shape index (κ3) is 7.29. The van der Waals surface area contributed by atoms with Gasteiger partial charge in [-0.25, -0.2) is 13.1 Å². The van der Waals surface area contributed by atoms with E-state index in [1.54, 1.807) is 36.7 Å². The summed E-state index contributed by atoms with van der Waals surface area (Å²) in [5.74, 6) is -0.346. The van der Waals surface area contributed by atoms with Gasteiger partial charge < -0.3 is 11.1 Å². The van der Waals surface area contributed by atoms with E-state index in [-0.39, 0.29) is 35.7 Å². The number of hydrogen-bond donors (Lipinski definition) is 3. The first kappa shape index (κ1) is 24.7. The van der Waals surface area contributed by atoms with E-state index in [4.69, 9.17) is 5.73 Å². The minimum absolute atomic E-state index is 0. The summed E-state index contributed by atoms with van der Waals surface area (Å²) in [5, 5.41) is 5.01. The molecule has 4 N–H and O–H groups in total. The minimum atomic E-state index is -3.60. The van der Waals surface area contributed by atoms with Gasteiger partial charge in [0.2, 0.25) is 15.9 Å². The van der Waals surface area contributed by atoms with Crippen molar-refractivity contribution in [3.05, 3.63) is 72.1 Å². The van der Waals surface area contributed by atoms with E-state index >= 15 is 0 Å². The predicted molar refractivity (Wildman–Crippen MR) is 125 cm³/mol. The molecule has 0 bridgehead atoms. The predicted octanol–water partition coefficient (Wildman–Crippen LogP) is 2.18. The molecular weight excluding hydrogens is 436 g/mol. The zero-order chi connectivity index (χ0) is 21.6. The lowest BCUT2D eigenvalue weighted by atomic mass is 10.1. The Labute approximate surface area is 188 Å². The minimum Gasteiger partial charge on any atom is -0.369 e. The Bertz CT molecular complexity index is 1120. The summed E-state index contributed by atoms with van der Waals surface area (Å²) in [6.45, 7) is 3.05. The maximum atomic E-state index is 12.7. The summed E-state index contributed by atoms with van der Waals surface area (Å²) < 4.78 is 28.0. The highest BCUT2D eigenvalue weighted by atomic mass is 35.5. The first-order valence-electron chi connectivity index (χ1n) is 9.76. The van der Waals surface area contributed by atoms with Crippen molar-refractivity contribution < 1.29 is 13.2 Å². The van der Waals surface area contributed by atoms with Gasteiger partial charge in [0, 0.05) is 30.4 Å². The van der Waals surface area contributed by atoms with Crippen LogP contribution in [0.4, 0.5) is 0 Å². The molecule has 0 saturated carbocycles. The number of fused-ring (bicyclic) bond motifs is 1. The first-order chi connectivity index (χ1) is 14.3. The van der Waals surface area contributed by atoms with Gasteiger partial charge in [-0.15, -0.1) is 12.4 Å². The Hall–Kier alpha value is -2.52. The van der Waals surface area contributed by atoms with Crippen LogP contribution in [0, 0.1) is 0 Å². The van der Waals surface area contributed by atoms with E-state index in [1.807, 2.05) is 31.2 Å². The molecule has 1 aromatic heterocycles. The van der Waals surface area contributed by atoms with Crippen LogP contribution in [0.5, 0.6) is 0 Å². The third-order valence-corrected chi connectivity index (χ3v) is 6.31. The molecule has 1 heterocycles. The Morgan fingerprint density at radius 1 is 1.06 bits per heavy atom. The second kappa shape index (κ2) is 11.2. The summed E-state index contributed by atoms with van der Waals surface area (Å²) in [7, 11) is -3.60. The molecule has 0 aliphatic carbocycles. The molecule has 166 valence electrons. The lowest BCUT2D eigenvalue weighted by Crippen LogP contribution is -2.40. The zero-order valence-corrected chi connectivity index (χ0v) is 18.9. The van der Waals surface area contributed by atoms with Crippen molar-refractivity contribution in [2.24, 2.45) is 5.73 Å². The van der Waals surface area contributed by atoms with Crippen molar-refractivity contribution in [2.45, 2.75) is 30.7 Å². The molecule has 0 aliphatic heterocycles. The van der Waals surface area contributed by atoms with Crippen LogP contribution in [0.25, 0.3) is 10.8 Å². The van der Waals surface area contributed by atoms with Crippen molar-refractivity contribution >= 4 is 39.1 Å². The van der Waals surface area contributed by atoms with Gasteiger partial charge in [-0.3, -0.25) is 9.78 Å². The molecule has 1 unspecified atom stereocenters. The van der Waals surface area contributed by atoms with Gasteiger partial charge in [-0.05, 0) is 54.6 Å². The lowest BCUT2D eigenvalue weighted by Gasteiger charge is -2.15. The maximum Gasteiger partial charge on any atom is 0.240 e. The van der Waals surface area contributed by atoms with E-state index in [1.165, 1.54) is 0 Å². The molecular formula is C22H27ClN4O3S. The summed E-state index contributed by atoms with van der Waals surface area (Å²) in [5.41, 5.74) is 7.22. The topological polar surface area (TPSA) is 114 Å². The van der Waals surface area contributed by atoms with Gasteiger partial charge in [-0.2, -0.15) is 0 Å². The molecule has 1 amide bonds. The monoisotopic (exact) mass is 462 g/mol. The molecule has 31 heavy (non-hydrogen) atoms. The molecule has 1 atom stereocenters. The van der Waals surface area contributed by atoms with Gasteiger partial charge in [0.25, 0.3) is 0 Å². The van der Waals surface area contributed by atoms with Crippen molar-refractivity contribution in [3.63, 3.8) is 0 Å². The van der Waals surface area contributed by atoms with Gasteiger partial charge in [-0.1, -0.05) is 30.3 Å². The smallest absolute Gasteiger partial charge is 0.240 e. The van der Waals surface area contributed by atoms with Gasteiger partial charge in [0.15, 0.2) is 0 Å². The highest BCUT2D eigenvalue weighted by Gasteiger charge is 2.17. The molecule has 0 aliphatic rings. The quantitative estimate of drug-likeness (QED) is 0.399. The van der Waals surface area contributed by atoms with E-state index in [9.17, 15) is 13.2 Å². The van der Waals surface area contributed by atoms with Crippen LogP contribution in [0.15, 0.2) is 65.8 Å². The third-order valence-electron chi connectivity index (χ3n) is 4.72. The second-order valence-electron chi connectivity index (χ2n) is 7.32. The van der Waals surface area contributed by atoms with Crippen LogP contribution < -0.4 is 15.8 Å². The molecule has 0 saturated heterocycles. The van der Waals surface area contributed by atoms with E-state index in [0.717, 1.165) is 28.3 Å². The first-order valence-corrected chi connectivity index (χ1v) is 11.2. The van der Waals surface area contributed by atoms with Crippen molar-refractivity contribution in [1.82, 2.24) is 15.0 Å². The number of amides is 1. The molecule has 3 rings (SSSR count). The van der Waals surface area contributed by atoms with Crippen molar-refractivity contribution in [2.75, 3.05) is 13.1 Å². The molecule has 3 aromatic rings. The number of nitrogens with one attached hydrogen (secondary N) is 2. The standard InChI is InChI=1S/C22H26N4O3S.ClH/c1-16(14-24-10-8-17-2-4-18(5-3-17)12-22(23)27)26-30(28,29)21-7-6-20-15-25-11-9-19(20)13-21;/h2-7,9,11,13,15-16,24,26H,8,10,12,14H2,1H3,(H2,23,27);1H. The second-order valence-corrected chi connectivity index (χ2v) is 9.03. The number of rotatable bonds is 10. The van der Waals surface area contributed by atoms with Crippen LogP contribution in [0.1, 0.15) is 18.1 Å². The van der Waals surface area contributed by atoms with Gasteiger partial charge in [0.1, 0.15) is 0 Å². The molecule has 0 fully saturated rings. The number of nitrogens with zero attached hydrogens (tertiary/aromatic N) is 1. The fourth-order valence-electron chi connectivity index (χ4n) is 3.18. The van der Waals surface area contributed by atoms with Crippen LogP contribution in [-0.4, -0.2) is 38.4 Å². The number of carbonyl (C=O) groups is 1. The Kier molecular flexibility index (Phi) is 8.94. The number of benzene rings is 2. The normalized spacial score (nSPS) is 12.3. The Morgan fingerprint density at radius 3 is 2.48 bits per heavy atom. The molecule has 0 spiro atoms. The summed E-state index contributed by atoms with van der Waals surface area (Å²) in [4.78, 5) is 15.2. The number of halogens is 1. The SMILES string of the molecule is CC(CNCCc1ccc(CC(N)=O)cc1)NS(=O)(=O)c1ccc2cnccc2c1.Cl. The van der Waals surface area contributed by atoms with Crippen molar-refractivity contribution in [1.29, 1.82) is 0 Å². The largest absolute Gasteiger partial charge is 0.369 e. The van der Waals surface area contributed by atoms with Gasteiger partial charge in [0.05, 0.1) is 11.3 Å². The average molecular weight is 463 g/mol. The summed E-state index contributed by atoms with van der Waals surface area (Å²) in [6, 6.07) is 14.3. The lowest BCUT2D eigenvalue weighted by molar-refractivity contribution is -0.117. The van der Waals surface area contributed by atoms with Crippen LogP contribution in [0.3, 0.4) is 0 Å². The number of primary amides is 1. The number of carbonyl (C=O) groups excluding carboxylic acids is 1. The number of pyridine rings is 1. The van der Waals surface area contributed by atoms with Gasteiger partial charge >= 0.3 is 0 Å². The fraction of sp³-hybridized carbons (Fsp3) is 0.273. The highest BCUT2D eigenvalue weighted by Crippen LogP contribution is 2.18. The average Bonchev–Trinajstić information content (AvgIpc) is 2.71. The summed E-state index contributed by atoms with van der Waals surface area (Å²) >= 11 is 0. The van der Waals surface area contributed by atoms with Crippen LogP contribution in [0.2, 0.25) is 0 Å². The Morgan fingerprint density at radius 2 is 1.77 bits per heavy atom. The fourth-order valence-corrected chi connectivity index (χ4v) is 4.46. The molecule has 9 heteroatoms. The molecule has 2 aromatic carbocycles. The van der Waals surface area contributed by atoms with Crippen molar-refractivity contribution in [3.8, 4) is 0 Å². The maximum absolute atomic E-state index is 12.7. The number of nitrogens with two attached hydrogens (primary N) is 1. The molecule has 7 nitrogen and oxygen atoms in total. The zero-order valence-electron chi connectivity index (χ0n) is 17.2. The highest BCUT2D eigenvalue weighted by molar-refractivity contribution is 7.89. The van der Waals surface area contributed by atoms with E-state index < -0.39 is 10.0 Å². The van der Waals surface area contributed by atoms with Crippen LogP contribution >= 0.6 is 12.4 Å². The van der Waals surface area contributed by atoms with Crippen LogP contribution in [-0.2, 0) is 27.7 Å². The molecule has 0 radical (unpaired) electrons. The van der Waals surface area contributed by atoms with E-state index in [0.29, 0.717) is 13.1 Å². The Balaban J connectivity index is 0.00000341.